The van der Waals surface area contributed by atoms with Gasteiger partial charge in [-0.2, -0.15) is 0 Å². The number of carbonyl (C=O) groups excluding carboxylic acids is 6. The summed E-state index contributed by atoms with van der Waals surface area (Å²) in [4.78, 5) is 92.6. The molecule has 1 saturated heterocycles. The van der Waals surface area contributed by atoms with Crippen molar-refractivity contribution in [1.82, 2.24) is 20.2 Å². The lowest BCUT2D eigenvalue weighted by molar-refractivity contribution is -0.146. The van der Waals surface area contributed by atoms with Crippen molar-refractivity contribution in [3.05, 3.63) is 24.3 Å². The Bertz CT molecular complexity index is 1370. The average Bonchev–Trinajstić information content (AvgIpc) is 3.70. The SMILES string of the molecule is CCCC(CC(=O)C1[C@H]2CCC[C@H]2CN1C(=O)[C@@H](NC(=O)[C@H](CC(=O)c1cnccn1)C1CCCCC1)C(C)(C)C)C(=O)C(=O)C[C@@H](C)CC. The van der Waals surface area contributed by atoms with Gasteiger partial charge in [-0.15, -0.1) is 0 Å². The molecule has 2 unspecified atom stereocenters. The highest BCUT2D eigenvalue weighted by atomic mass is 16.2. The molecule has 0 radical (unpaired) electrons. The van der Waals surface area contributed by atoms with E-state index in [9.17, 15) is 28.8 Å². The molecule has 1 aromatic heterocycles. The van der Waals surface area contributed by atoms with E-state index in [-0.39, 0.29) is 72.0 Å². The molecule has 50 heavy (non-hydrogen) atoms. The van der Waals surface area contributed by atoms with Crippen LogP contribution >= 0.6 is 0 Å². The van der Waals surface area contributed by atoms with Crippen molar-refractivity contribution in [3.63, 3.8) is 0 Å². The van der Waals surface area contributed by atoms with Crippen LogP contribution in [0.1, 0.15) is 142 Å². The molecule has 3 aliphatic rings. The van der Waals surface area contributed by atoms with E-state index in [2.05, 4.69) is 15.3 Å². The Morgan fingerprint density at radius 1 is 0.920 bits per heavy atom. The van der Waals surface area contributed by atoms with Gasteiger partial charge in [0.15, 0.2) is 17.3 Å². The Morgan fingerprint density at radius 3 is 2.26 bits per heavy atom. The molecule has 2 heterocycles. The largest absolute Gasteiger partial charge is 0.344 e. The second-order valence-electron chi connectivity index (χ2n) is 16.5. The summed E-state index contributed by atoms with van der Waals surface area (Å²) in [6, 6.07) is -1.62. The molecule has 276 valence electrons. The standard InChI is InChI=1S/C40H60N4O6/c1-7-13-27(36(48)34(47)20-25(3)8-2)21-33(46)35-29-17-12-16-28(29)24-44(35)39(50)37(40(4,5)6)43-38(49)30(26-14-10-9-11-15-26)22-32(45)31-23-41-18-19-42-31/h18-19,23,25-30,35,37H,7-17,20-22,24H2,1-6H3,(H,43,49)/t25-,27?,28-,29-,30+,35?,37+/m0/s1. The molecule has 0 spiro atoms. The zero-order valence-corrected chi connectivity index (χ0v) is 31.2. The first-order valence-electron chi connectivity index (χ1n) is 19.3. The minimum absolute atomic E-state index is 0.00412. The van der Waals surface area contributed by atoms with Crippen LogP contribution in [-0.4, -0.2) is 68.4 Å². The molecular formula is C40H60N4O6. The number of hydrogen-bond acceptors (Lipinski definition) is 8. The highest BCUT2D eigenvalue weighted by Gasteiger charge is 2.52. The molecular weight excluding hydrogens is 632 g/mol. The Balaban J connectivity index is 1.57. The van der Waals surface area contributed by atoms with Crippen LogP contribution in [0.15, 0.2) is 18.6 Å². The average molecular weight is 693 g/mol. The number of likely N-dealkylation sites (tertiary alicyclic amines) is 1. The zero-order chi connectivity index (χ0) is 36.6. The lowest BCUT2D eigenvalue weighted by Gasteiger charge is -2.38. The number of Topliss-reactive ketones (excluding diaryl/α,β-unsaturated/α-hetero) is 4. The van der Waals surface area contributed by atoms with Crippen molar-refractivity contribution in [2.45, 2.75) is 144 Å². The summed E-state index contributed by atoms with van der Waals surface area (Å²) < 4.78 is 0. The van der Waals surface area contributed by atoms with E-state index < -0.39 is 40.9 Å². The van der Waals surface area contributed by atoms with E-state index in [1.165, 1.54) is 18.6 Å². The number of nitrogens with one attached hydrogen (secondary N) is 1. The maximum atomic E-state index is 14.7. The number of aromatic nitrogens is 2. The van der Waals surface area contributed by atoms with E-state index >= 15 is 0 Å². The van der Waals surface area contributed by atoms with Gasteiger partial charge in [0.1, 0.15) is 11.7 Å². The fourth-order valence-electron chi connectivity index (χ4n) is 8.59. The van der Waals surface area contributed by atoms with Gasteiger partial charge in [0.2, 0.25) is 17.6 Å². The molecule has 10 heteroatoms. The monoisotopic (exact) mass is 692 g/mol. The molecule has 2 saturated carbocycles. The van der Waals surface area contributed by atoms with Crippen LogP contribution in [0.2, 0.25) is 0 Å². The topological polar surface area (TPSA) is 143 Å². The maximum absolute atomic E-state index is 14.7. The van der Waals surface area contributed by atoms with Crippen LogP contribution in [0.3, 0.4) is 0 Å². The quantitative estimate of drug-likeness (QED) is 0.147. The van der Waals surface area contributed by atoms with E-state index in [1.807, 2.05) is 41.5 Å². The first-order chi connectivity index (χ1) is 23.8. The molecule has 7 atom stereocenters. The first-order valence-corrected chi connectivity index (χ1v) is 19.3. The normalized spacial score (nSPS) is 23.4. The number of ketones is 4. The van der Waals surface area contributed by atoms with Crippen molar-refractivity contribution >= 4 is 34.9 Å². The number of amides is 2. The molecule has 2 aliphatic carbocycles. The number of rotatable bonds is 17. The van der Waals surface area contributed by atoms with Crippen LogP contribution in [0.5, 0.6) is 0 Å². The zero-order valence-electron chi connectivity index (χ0n) is 31.2. The van der Waals surface area contributed by atoms with Crippen molar-refractivity contribution in [1.29, 1.82) is 0 Å². The molecule has 0 aromatic carbocycles. The van der Waals surface area contributed by atoms with Gasteiger partial charge in [0.05, 0.1) is 12.2 Å². The van der Waals surface area contributed by atoms with E-state index in [0.717, 1.165) is 57.8 Å². The van der Waals surface area contributed by atoms with E-state index in [1.54, 1.807) is 4.90 Å². The number of fused-ring (bicyclic) bond motifs is 1. The molecule has 3 fully saturated rings. The third-order valence-corrected chi connectivity index (χ3v) is 11.7. The van der Waals surface area contributed by atoms with Crippen LogP contribution < -0.4 is 5.32 Å². The van der Waals surface area contributed by atoms with Gasteiger partial charge in [-0.1, -0.05) is 80.1 Å². The summed E-state index contributed by atoms with van der Waals surface area (Å²) in [6.07, 6.45) is 13.9. The minimum Gasteiger partial charge on any atom is -0.344 e. The molecule has 0 bridgehead atoms. The van der Waals surface area contributed by atoms with Crippen molar-refractivity contribution in [2.75, 3.05) is 6.54 Å². The molecule has 4 rings (SSSR count). The fourth-order valence-corrected chi connectivity index (χ4v) is 8.59. The smallest absolute Gasteiger partial charge is 0.246 e. The van der Waals surface area contributed by atoms with Crippen LogP contribution in [0, 0.1) is 40.9 Å². The van der Waals surface area contributed by atoms with Gasteiger partial charge < -0.3 is 10.2 Å². The summed E-state index contributed by atoms with van der Waals surface area (Å²) in [5.41, 5.74) is -0.469. The van der Waals surface area contributed by atoms with Gasteiger partial charge in [-0.3, -0.25) is 33.8 Å². The number of carbonyl (C=O) groups is 6. The first kappa shape index (κ1) is 39.5. The summed E-state index contributed by atoms with van der Waals surface area (Å²) in [6.45, 7) is 12.0. The third-order valence-electron chi connectivity index (χ3n) is 11.7. The Hall–Kier alpha value is -3.30. The highest BCUT2D eigenvalue weighted by molar-refractivity contribution is 6.38. The fraction of sp³-hybridized carbons (Fsp3) is 0.750. The van der Waals surface area contributed by atoms with Gasteiger partial charge in [-0.05, 0) is 61.2 Å². The van der Waals surface area contributed by atoms with Crippen LogP contribution in [0.25, 0.3) is 0 Å². The van der Waals surface area contributed by atoms with Crippen molar-refractivity contribution in [3.8, 4) is 0 Å². The number of nitrogens with zero attached hydrogens (tertiary/aromatic N) is 3. The lowest BCUT2D eigenvalue weighted by Crippen LogP contribution is -2.58. The maximum Gasteiger partial charge on any atom is 0.246 e. The molecule has 1 aliphatic heterocycles. The van der Waals surface area contributed by atoms with E-state index in [0.29, 0.717) is 19.4 Å². The third kappa shape index (κ3) is 9.72. The predicted molar refractivity (Wildman–Crippen MR) is 191 cm³/mol. The summed E-state index contributed by atoms with van der Waals surface area (Å²) in [5, 5.41) is 3.10. The predicted octanol–water partition coefficient (Wildman–Crippen LogP) is 6.35. The number of hydrogen-bond donors (Lipinski definition) is 1. The Labute approximate surface area is 298 Å². The van der Waals surface area contributed by atoms with Gasteiger partial charge in [0.25, 0.3) is 0 Å². The Kier molecular flexibility index (Phi) is 14.0. The molecule has 1 aromatic rings. The second kappa shape index (κ2) is 17.8. The second-order valence-corrected chi connectivity index (χ2v) is 16.5. The van der Waals surface area contributed by atoms with Gasteiger partial charge in [0, 0.05) is 50.0 Å². The van der Waals surface area contributed by atoms with Crippen molar-refractivity contribution in [2.24, 2.45) is 40.9 Å². The molecule has 2 amide bonds. The lowest BCUT2D eigenvalue weighted by atomic mass is 9.76. The molecule has 1 N–H and O–H groups in total. The van der Waals surface area contributed by atoms with Crippen molar-refractivity contribution < 1.29 is 28.8 Å². The minimum atomic E-state index is -0.924. The van der Waals surface area contributed by atoms with Gasteiger partial charge >= 0.3 is 0 Å². The van der Waals surface area contributed by atoms with Crippen LogP contribution in [0.4, 0.5) is 0 Å². The Morgan fingerprint density at radius 2 is 1.64 bits per heavy atom. The van der Waals surface area contributed by atoms with Gasteiger partial charge in [-0.25, -0.2) is 4.98 Å². The summed E-state index contributed by atoms with van der Waals surface area (Å²) >= 11 is 0. The van der Waals surface area contributed by atoms with Crippen LogP contribution in [-0.2, 0) is 24.0 Å². The summed E-state index contributed by atoms with van der Waals surface area (Å²) in [7, 11) is 0. The highest BCUT2D eigenvalue weighted by Crippen LogP contribution is 2.44. The summed E-state index contributed by atoms with van der Waals surface area (Å²) in [5.74, 6) is -2.94. The van der Waals surface area contributed by atoms with E-state index in [4.69, 9.17) is 0 Å². The molecule has 10 nitrogen and oxygen atoms in total.